The summed E-state index contributed by atoms with van der Waals surface area (Å²) in [4.78, 5) is 25.3. The first-order valence-corrected chi connectivity index (χ1v) is 6.54. The molecule has 1 heterocycles. The first kappa shape index (κ1) is 15.9. The number of nitrogens with two attached hydrogens (primary N) is 1. The Balaban J connectivity index is 2.13. The van der Waals surface area contributed by atoms with E-state index in [4.69, 9.17) is 22.1 Å². The van der Waals surface area contributed by atoms with E-state index in [-0.39, 0.29) is 29.0 Å². The van der Waals surface area contributed by atoms with Crippen LogP contribution >= 0.6 is 11.6 Å². The number of aromatic nitrogens is 3. The molecule has 0 atom stereocenters. The number of hydrogen-bond acceptors (Lipinski definition) is 7. The van der Waals surface area contributed by atoms with E-state index in [1.54, 1.807) is 19.0 Å². The molecule has 0 radical (unpaired) electrons. The van der Waals surface area contributed by atoms with Crippen molar-refractivity contribution in [3.05, 3.63) is 40.4 Å². The van der Waals surface area contributed by atoms with Crippen LogP contribution in [0.3, 0.4) is 0 Å². The predicted octanol–water partition coefficient (Wildman–Crippen LogP) is 1.67. The van der Waals surface area contributed by atoms with E-state index in [0.717, 1.165) is 6.07 Å². The fraction of sp³-hybridized carbons (Fsp3) is 0.231. The topological polar surface area (TPSA) is 94.2 Å². The summed E-state index contributed by atoms with van der Waals surface area (Å²) in [6, 6.07) is 3.61. The molecule has 0 spiro atoms. The van der Waals surface area contributed by atoms with E-state index in [1.165, 1.54) is 12.1 Å². The molecule has 0 aliphatic carbocycles. The molecule has 2 rings (SSSR count). The second-order valence-electron chi connectivity index (χ2n) is 4.50. The number of rotatable bonds is 4. The maximum absolute atomic E-state index is 13.6. The van der Waals surface area contributed by atoms with Crippen LogP contribution in [0.15, 0.2) is 18.2 Å². The largest absolute Gasteiger partial charge is 0.454 e. The van der Waals surface area contributed by atoms with E-state index in [1.807, 2.05) is 0 Å². The summed E-state index contributed by atoms with van der Waals surface area (Å²) in [7, 11) is 3.46. The summed E-state index contributed by atoms with van der Waals surface area (Å²) < 4.78 is 18.5. The van der Waals surface area contributed by atoms with Gasteiger partial charge in [-0.15, -0.1) is 0 Å². The third-order valence-corrected chi connectivity index (χ3v) is 2.80. The zero-order valence-electron chi connectivity index (χ0n) is 11.9. The second-order valence-corrected chi connectivity index (χ2v) is 4.94. The molecule has 0 unspecified atom stereocenters. The Morgan fingerprint density at radius 1 is 1.36 bits per heavy atom. The van der Waals surface area contributed by atoms with Gasteiger partial charge in [0.25, 0.3) is 0 Å². The van der Waals surface area contributed by atoms with Crippen molar-refractivity contribution in [3.8, 4) is 0 Å². The second kappa shape index (κ2) is 6.52. The minimum atomic E-state index is -0.870. The van der Waals surface area contributed by atoms with Gasteiger partial charge in [0.2, 0.25) is 11.9 Å². The Labute approximate surface area is 130 Å². The maximum Gasteiger partial charge on any atom is 0.341 e. The number of nitrogen functional groups attached to an aromatic ring is 1. The monoisotopic (exact) mass is 325 g/mol. The lowest BCUT2D eigenvalue weighted by Gasteiger charge is -2.11. The van der Waals surface area contributed by atoms with Crippen molar-refractivity contribution >= 4 is 29.5 Å². The van der Waals surface area contributed by atoms with Crippen LogP contribution in [0.25, 0.3) is 0 Å². The normalized spacial score (nSPS) is 10.4. The van der Waals surface area contributed by atoms with Gasteiger partial charge in [-0.3, -0.25) is 0 Å². The minimum absolute atomic E-state index is 0.00122. The summed E-state index contributed by atoms with van der Waals surface area (Å²) >= 11 is 5.73. The highest BCUT2D eigenvalue weighted by molar-refractivity contribution is 6.30. The average molecular weight is 326 g/mol. The van der Waals surface area contributed by atoms with Gasteiger partial charge in [-0.2, -0.15) is 15.0 Å². The Bertz CT molecular complexity index is 711. The van der Waals surface area contributed by atoms with Crippen LogP contribution in [0, 0.1) is 5.82 Å². The van der Waals surface area contributed by atoms with E-state index in [2.05, 4.69) is 15.0 Å². The van der Waals surface area contributed by atoms with Gasteiger partial charge in [-0.25, -0.2) is 9.18 Å². The number of anilines is 2. The van der Waals surface area contributed by atoms with Crippen molar-refractivity contribution in [2.45, 2.75) is 6.61 Å². The van der Waals surface area contributed by atoms with Gasteiger partial charge in [-0.05, 0) is 18.2 Å². The number of carbonyl (C=O) groups is 1. The molecule has 9 heteroatoms. The first-order valence-electron chi connectivity index (χ1n) is 6.16. The number of esters is 1. The van der Waals surface area contributed by atoms with Gasteiger partial charge < -0.3 is 15.4 Å². The summed E-state index contributed by atoms with van der Waals surface area (Å²) in [6.45, 7) is -0.266. The summed E-state index contributed by atoms with van der Waals surface area (Å²) in [5.74, 6) is -1.11. The highest BCUT2D eigenvalue weighted by Gasteiger charge is 2.15. The van der Waals surface area contributed by atoms with Crippen LogP contribution in [-0.4, -0.2) is 35.0 Å². The van der Waals surface area contributed by atoms with Crippen LogP contribution in [0.2, 0.25) is 5.02 Å². The zero-order chi connectivity index (χ0) is 16.3. The molecule has 0 fully saturated rings. The summed E-state index contributed by atoms with van der Waals surface area (Å²) in [5, 5.41) is 0.229. The van der Waals surface area contributed by atoms with Crippen molar-refractivity contribution < 1.29 is 13.9 Å². The highest BCUT2D eigenvalue weighted by atomic mass is 35.5. The van der Waals surface area contributed by atoms with Gasteiger partial charge in [0.1, 0.15) is 5.82 Å². The number of nitrogens with zero attached hydrogens (tertiary/aromatic N) is 4. The molecule has 2 N–H and O–H groups in total. The fourth-order valence-corrected chi connectivity index (χ4v) is 1.72. The lowest BCUT2D eigenvalue weighted by Crippen LogP contribution is -2.17. The molecule has 22 heavy (non-hydrogen) atoms. The lowest BCUT2D eigenvalue weighted by atomic mass is 10.2. The molecular weight excluding hydrogens is 313 g/mol. The minimum Gasteiger partial charge on any atom is -0.454 e. The smallest absolute Gasteiger partial charge is 0.341 e. The molecule has 1 aromatic heterocycles. The molecular formula is C13H13ClFN5O2. The van der Waals surface area contributed by atoms with E-state index in [9.17, 15) is 9.18 Å². The van der Waals surface area contributed by atoms with Crippen molar-refractivity contribution in [2.75, 3.05) is 24.7 Å². The molecule has 0 aliphatic heterocycles. The van der Waals surface area contributed by atoms with Crippen LogP contribution < -0.4 is 10.6 Å². The van der Waals surface area contributed by atoms with Crippen molar-refractivity contribution in [2.24, 2.45) is 0 Å². The molecule has 2 aromatic rings. The number of benzene rings is 1. The third kappa shape index (κ3) is 3.79. The van der Waals surface area contributed by atoms with Crippen molar-refractivity contribution in [1.29, 1.82) is 0 Å². The Morgan fingerprint density at radius 3 is 2.77 bits per heavy atom. The molecule has 116 valence electrons. The molecule has 0 saturated heterocycles. The van der Waals surface area contributed by atoms with Crippen LogP contribution in [0.4, 0.5) is 16.3 Å². The van der Waals surface area contributed by atoms with Crippen molar-refractivity contribution in [3.63, 3.8) is 0 Å². The molecule has 0 bridgehead atoms. The van der Waals surface area contributed by atoms with Gasteiger partial charge in [-0.1, -0.05) is 11.6 Å². The van der Waals surface area contributed by atoms with Gasteiger partial charge in [0, 0.05) is 19.1 Å². The highest BCUT2D eigenvalue weighted by Crippen LogP contribution is 2.16. The number of carbonyl (C=O) groups excluding carboxylic acids is 1. The first-order chi connectivity index (χ1) is 10.4. The van der Waals surface area contributed by atoms with E-state index < -0.39 is 11.8 Å². The fourth-order valence-electron chi connectivity index (χ4n) is 1.55. The van der Waals surface area contributed by atoms with Crippen LogP contribution in [0.1, 0.15) is 16.2 Å². The lowest BCUT2D eigenvalue weighted by molar-refractivity contribution is 0.0457. The van der Waals surface area contributed by atoms with Crippen molar-refractivity contribution in [1.82, 2.24) is 15.0 Å². The standard InChI is InChI=1S/C13H13ClFN5O2/c1-20(2)13-18-10(17-12(16)19-13)6-22-11(21)8-5-7(14)3-4-9(8)15/h3-5H,6H2,1-2H3,(H2,16,17,18,19). The number of ether oxygens (including phenoxy) is 1. The average Bonchev–Trinajstić information content (AvgIpc) is 2.46. The number of halogens is 2. The van der Waals surface area contributed by atoms with Gasteiger partial charge in [0.15, 0.2) is 12.4 Å². The quantitative estimate of drug-likeness (QED) is 0.854. The molecule has 0 amide bonds. The summed E-state index contributed by atoms with van der Waals surface area (Å²) in [6.07, 6.45) is 0. The Morgan fingerprint density at radius 2 is 2.09 bits per heavy atom. The Kier molecular flexibility index (Phi) is 4.71. The zero-order valence-corrected chi connectivity index (χ0v) is 12.6. The molecule has 0 aliphatic rings. The number of hydrogen-bond donors (Lipinski definition) is 1. The molecule has 0 saturated carbocycles. The van der Waals surface area contributed by atoms with E-state index >= 15 is 0 Å². The summed E-state index contributed by atoms with van der Waals surface area (Å²) in [5.41, 5.74) is 5.29. The van der Waals surface area contributed by atoms with Gasteiger partial charge in [0.05, 0.1) is 5.56 Å². The van der Waals surface area contributed by atoms with E-state index in [0.29, 0.717) is 5.95 Å². The predicted molar refractivity (Wildman–Crippen MR) is 79.1 cm³/mol. The van der Waals surface area contributed by atoms with Gasteiger partial charge >= 0.3 is 5.97 Å². The maximum atomic E-state index is 13.6. The molecule has 1 aromatic carbocycles. The van der Waals surface area contributed by atoms with Crippen LogP contribution in [-0.2, 0) is 11.3 Å². The van der Waals surface area contributed by atoms with Crippen LogP contribution in [0.5, 0.6) is 0 Å². The Hall–Kier alpha value is -2.48. The molecule has 7 nitrogen and oxygen atoms in total. The SMILES string of the molecule is CN(C)c1nc(N)nc(COC(=O)c2cc(Cl)ccc2F)n1. The third-order valence-electron chi connectivity index (χ3n) is 2.57.